The minimum atomic E-state index is -0.0382. The average molecular weight is 156 g/mol. The fraction of sp³-hybridized carbons (Fsp3) is 1.00. The summed E-state index contributed by atoms with van der Waals surface area (Å²) in [6, 6.07) is 0. The van der Waals surface area contributed by atoms with Gasteiger partial charge >= 0.3 is 0 Å². The van der Waals surface area contributed by atoms with Crippen molar-refractivity contribution >= 4 is 0 Å². The zero-order valence-electron chi connectivity index (χ0n) is 7.93. The minimum absolute atomic E-state index is 0.0382. The number of hydrogen-bond acceptors (Lipinski definition) is 1. The van der Waals surface area contributed by atoms with Crippen LogP contribution in [0.3, 0.4) is 0 Å². The Morgan fingerprint density at radius 1 is 1.36 bits per heavy atom. The molecule has 66 valence electrons. The molecule has 0 aromatic carbocycles. The monoisotopic (exact) mass is 156 g/mol. The molecular weight excluding hydrogens is 136 g/mol. The van der Waals surface area contributed by atoms with Gasteiger partial charge in [0.05, 0.1) is 6.10 Å². The largest absolute Gasteiger partial charge is 0.393 e. The Morgan fingerprint density at radius 3 is 2.18 bits per heavy atom. The maximum absolute atomic E-state index is 9.70. The van der Waals surface area contributed by atoms with Crippen molar-refractivity contribution in [3.8, 4) is 0 Å². The van der Waals surface area contributed by atoms with Crippen molar-refractivity contribution in [2.24, 2.45) is 11.3 Å². The summed E-state index contributed by atoms with van der Waals surface area (Å²) in [6.07, 6.45) is 4.74. The molecule has 0 aromatic heterocycles. The van der Waals surface area contributed by atoms with E-state index in [0.717, 1.165) is 6.42 Å². The first kappa shape index (κ1) is 9.05. The summed E-state index contributed by atoms with van der Waals surface area (Å²) < 4.78 is 0. The van der Waals surface area contributed by atoms with Gasteiger partial charge in [0.2, 0.25) is 0 Å². The molecule has 11 heavy (non-hydrogen) atoms. The molecule has 1 atom stereocenters. The Morgan fingerprint density at radius 2 is 1.91 bits per heavy atom. The topological polar surface area (TPSA) is 20.2 Å². The molecule has 1 N–H and O–H groups in total. The molecule has 1 nitrogen and oxygen atoms in total. The summed E-state index contributed by atoms with van der Waals surface area (Å²) >= 11 is 0. The van der Waals surface area contributed by atoms with Crippen LogP contribution < -0.4 is 0 Å². The molecule has 1 unspecified atom stereocenters. The van der Waals surface area contributed by atoms with Crippen LogP contribution in [0.15, 0.2) is 0 Å². The zero-order chi connectivity index (χ0) is 8.48. The van der Waals surface area contributed by atoms with Crippen molar-refractivity contribution in [1.29, 1.82) is 0 Å². The summed E-state index contributed by atoms with van der Waals surface area (Å²) in [5.41, 5.74) is 0.287. The van der Waals surface area contributed by atoms with Crippen LogP contribution in [0.25, 0.3) is 0 Å². The highest BCUT2D eigenvalue weighted by atomic mass is 16.3. The van der Waals surface area contributed by atoms with Crippen LogP contribution in [0.1, 0.15) is 46.5 Å². The van der Waals surface area contributed by atoms with Crippen molar-refractivity contribution in [1.82, 2.24) is 0 Å². The second-order valence-corrected chi connectivity index (χ2v) is 5.02. The van der Waals surface area contributed by atoms with E-state index in [4.69, 9.17) is 0 Å². The highest BCUT2D eigenvalue weighted by Crippen LogP contribution is 2.34. The lowest BCUT2D eigenvalue weighted by Gasteiger charge is -2.33. The van der Waals surface area contributed by atoms with Crippen molar-refractivity contribution < 1.29 is 5.11 Å². The first-order valence-corrected chi connectivity index (χ1v) is 4.67. The SMILES string of the molecule is CC(C)(C)CC(O)C1CCC1. The van der Waals surface area contributed by atoms with E-state index >= 15 is 0 Å². The lowest BCUT2D eigenvalue weighted by molar-refractivity contribution is 0.0305. The van der Waals surface area contributed by atoms with Crippen molar-refractivity contribution in [2.75, 3.05) is 0 Å². The molecular formula is C10H20O. The molecule has 0 amide bonds. The van der Waals surface area contributed by atoms with Gasteiger partial charge in [-0.25, -0.2) is 0 Å². The maximum atomic E-state index is 9.70. The summed E-state index contributed by atoms with van der Waals surface area (Å²) in [5, 5.41) is 9.70. The second-order valence-electron chi connectivity index (χ2n) is 5.02. The maximum Gasteiger partial charge on any atom is 0.0573 e. The van der Waals surface area contributed by atoms with Crippen LogP contribution in [0.4, 0.5) is 0 Å². The van der Waals surface area contributed by atoms with Crippen LogP contribution in [-0.4, -0.2) is 11.2 Å². The fourth-order valence-corrected chi connectivity index (χ4v) is 1.62. The number of rotatable bonds is 2. The average Bonchev–Trinajstić information content (AvgIpc) is 1.50. The lowest BCUT2D eigenvalue weighted by atomic mass is 9.75. The first-order chi connectivity index (χ1) is 4.99. The van der Waals surface area contributed by atoms with Gasteiger partial charge in [-0.05, 0) is 30.6 Å². The first-order valence-electron chi connectivity index (χ1n) is 4.67. The number of aliphatic hydroxyl groups is 1. The summed E-state index contributed by atoms with van der Waals surface area (Å²) in [7, 11) is 0. The zero-order valence-corrected chi connectivity index (χ0v) is 7.93. The van der Waals surface area contributed by atoms with E-state index < -0.39 is 0 Å². The third kappa shape index (κ3) is 2.82. The van der Waals surface area contributed by atoms with E-state index in [1.54, 1.807) is 0 Å². The second kappa shape index (κ2) is 3.14. The molecule has 0 aromatic rings. The Bertz CT molecular complexity index is 119. The molecule has 0 spiro atoms. The van der Waals surface area contributed by atoms with E-state index in [1.807, 2.05) is 0 Å². The van der Waals surface area contributed by atoms with Gasteiger partial charge in [-0.1, -0.05) is 27.2 Å². The van der Waals surface area contributed by atoms with Crippen molar-refractivity contribution in [3.05, 3.63) is 0 Å². The summed E-state index contributed by atoms with van der Waals surface area (Å²) in [6.45, 7) is 6.57. The molecule has 1 rings (SSSR count). The van der Waals surface area contributed by atoms with Crippen molar-refractivity contribution in [2.45, 2.75) is 52.6 Å². The Kier molecular flexibility index (Phi) is 2.58. The molecule has 0 aliphatic heterocycles. The molecule has 0 saturated heterocycles. The van der Waals surface area contributed by atoms with Crippen LogP contribution in [0, 0.1) is 11.3 Å². The van der Waals surface area contributed by atoms with Gasteiger partial charge in [-0.15, -0.1) is 0 Å². The van der Waals surface area contributed by atoms with E-state index in [1.165, 1.54) is 19.3 Å². The molecule has 0 bridgehead atoms. The summed E-state index contributed by atoms with van der Waals surface area (Å²) in [5.74, 6) is 0.620. The normalized spacial score (nSPS) is 22.9. The van der Waals surface area contributed by atoms with E-state index in [2.05, 4.69) is 20.8 Å². The third-order valence-electron chi connectivity index (χ3n) is 2.52. The quantitative estimate of drug-likeness (QED) is 0.651. The van der Waals surface area contributed by atoms with E-state index in [9.17, 15) is 5.11 Å². The molecule has 0 heterocycles. The predicted octanol–water partition coefficient (Wildman–Crippen LogP) is 2.58. The Labute approximate surface area is 69.8 Å². The highest BCUT2D eigenvalue weighted by Gasteiger charge is 2.28. The van der Waals surface area contributed by atoms with Crippen LogP contribution in [-0.2, 0) is 0 Å². The van der Waals surface area contributed by atoms with Gasteiger partial charge in [0.1, 0.15) is 0 Å². The van der Waals surface area contributed by atoms with Gasteiger partial charge in [-0.2, -0.15) is 0 Å². The van der Waals surface area contributed by atoms with Gasteiger partial charge in [0.25, 0.3) is 0 Å². The van der Waals surface area contributed by atoms with Gasteiger partial charge in [-0.3, -0.25) is 0 Å². The molecule has 1 aliphatic carbocycles. The molecule has 0 radical (unpaired) electrons. The van der Waals surface area contributed by atoms with Gasteiger partial charge in [0, 0.05) is 0 Å². The lowest BCUT2D eigenvalue weighted by Crippen LogP contribution is -2.30. The molecule has 1 saturated carbocycles. The predicted molar refractivity (Wildman–Crippen MR) is 47.4 cm³/mol. The van der Waals surface area contributed by atoms with Crippen LogP contribution in [0.2, 0.25) is 0 Å². The summed E-state index contributed by atoms with van der Waals surface area (Å²) in [4.78, 5) is 0. The van der Waals surface area contributed by atoms with Gasteiger partial charge in [0.15, 0.2) is 0 Å². The van der Waals surface area contributed by atoms with E-state index in [0.29, 0.717) is 5.92 Å². The van der Waals surface area contributed by atoms with Crippen LogP contribution >= 0.6 is 0 Å². The van der Waals surface area contributed by atoms with E-state index in [-0.39, 0.29) is 11.5 Å². The number of hydrogen-bond donors (Lipinski definition) is 1. The molecule has 1 fully saturated rings. The molecule has 1 aliphatic rings. The fourth-order valence-electron chi connectivity index (χ4n) is 1.62. The standard InChI is InChI=1S/C10H20O/c1-10(2,3)7-9(11)8-5-4-6-8/h8-9,11H,4-7H2,1-3H3. The molecule has 1 heteroatoms. The van der Waals surface area contributed by atoms with Crippen molar-refractivity contribution in [3.63, 3.8) is 0 Å². The minimum Gasteiger partial charge on any atom is -0.393 e. The Balaban J connectivity index is 2.24. The third-order valence-corrected chi connectivity index (χ3v) is 2.52. The smallest absolute Gasteiger partial charge is 0.0573 e. The van der Waals surface area contributed by atoms with Gasteiger partial charge < -0.3 is 5.11 Å². The van der Waals surface area contributed by atoms with Crippen LogP contribution in [0.5, 0.6) is 0 Å². The number of aliphatic hydroxyl groups excluding tert-OH is 1. The Hall–Kier alpha value is -0.0400. The highest BCUT2D eigenvalue weighted by molar-refractivity contribution is 4.80.